The van der Waals surface area contributed by atoms with Crippen LogP contribution in [-0.4, -0.2) is 6.18 Å². The molecule has 16 heavy (non-hydrogen) atoms. The van der Waals surface area contributed by atoms with Crippen LogP contribution in [0.3, 0.4) is 0 Å². The number of hydrogen-bond acceptors (Lipinski definition) is 2. The fraction of sp³-hybridized carbons (Fsp3) is 0.200. The highest BCUT2D eigenvalue weighted by Crippen LogP contribution is 2.28. The number of hydrogen-bond donors (Lipinski definition) is 2. The summed E-state index contributed by atoms with van der Waals surface area (Å²) in [5.74, 6) is -0.468. The van der Waals surface area contributed by atoms with Gasteiger partial charge in [0.05, 0.1) is 5.70 Å². The average Bonchev–Trinajstić information content (AvgIpc) is 2.65. The summed E-state index contributed by atoms with van der Waals surface area (Å²) in [4.78, 5) is 0. The molecule has 0 fully saturated rings. The molecule has 0 unspecified atom stereocenters. The second-order valence-electron chi connectivity index (χ2n) is 3.38. The molecule has 0 radical (unpaired) electrons. The first-order chi connectivity index (χ1) is 7.47. The quantitative estimate of drug-likeness (QED) is 0.627. The molecule has 0 aromatic heterocycles. The van der Waals surface area contributed by atoms with E-state index in [-0.39, 0.29) is 5.70 Å². The van der Waals surface area contributed by atoms with Gasteiger partial charge in [0.25, 0.3) is 0 Å². The van der Waals surface area contributed by atoms with Crippen LogP contribution in [0.2, 0.25) is 0 Å². The summed E-state index contributed by atoms with van der Waals surface area (Å²) in [5.41, 5.74) is 4.23. The van der Waals surface area contributed by atoms with E-state index in [2.05, 4.69) is 5.43 Å². The summed E-state index contributed by atoms with van der Waals surface area (Å²) in [6, 6.07) is 0. The van der Waals surface area contributed by atoms with Gasteiger partial charge < -0.3 is 5.43 Å². The van der Waals surface area contributed by atoms with E-state index >= 15 is 0 Å². The highest BCUT2D eigenvalue weighted by Gasteiger charge is 2.36. The maximum absolute atomic E-state index is 12.9. The summed E-state index contributed by atoms with van der Waals surface area (Å²) in [6.07, 6.45) is 0.943. The Morgan fingerprint density at radius 3 is 2.44 bits per heavy atom. The van der Waals surface area contributed by atoms with Crippen LogP contribution >= 0.6 is 0 Å². The van der Waals surface area contributed by atoms with Crippen molar-refractivity contribution in [3.8, 4) is 0 Å². The van der Waals surface area contributed by atoms with E-state index in [4.69, 9.17) is 0 Å². The van der Waals surface area contributed by atoms with Crippen LogP contribution in [0.5, 0.6) is 0 Å². The molecule has 1 aliphatic carbocycles. The average molecular weight is 232 g/mol. The SMILES string of the molecule is FC1=CC(=C2C=C(C(F)(F)F)NN2)CC=C1. The predicted octanol–water partition coefficient (Wildman–Crippen LogP) is 2.61. The molecule has 0 aromatic carbocycles. The highest BCUT2D eigenvalue weighted by atomic mass is 19.4. The Hall–Kier alpha value is -1.72. The third-order valence-corrected chi connectivity index (χ3v) is 2.20. The minimum atomic E-state index is -4.43. The molecule has 0 atom stereocenters. The van der Waals surface area contributed by atoms with E-state index in [0.717, 1.165) is 6.08 Å². The molecule has 0 amide bonds. The first-order valence-corrected chi connectivity index (χ1v) is 4.54. The van der Waals surface area contributed by atoms with Crippen LogP contribution in [0.25, 0.3) is 0 Å². The lowest BCUT2D eigenvalue weighted by Gasteiger charge is -2.09. The van der Waals surface area contributed by atoms with Gasteiger partial charge in [-0.1, -0.05) is 6.08 Å². The Kier molecular flexibility index (Phi) is 2.49. The van der Waals surface area contributed by atoms with E-state index < -0.39 is 17.7 Å². The summed E-state index contributed by atoms with van der Waals surface area (Å²) < 4.78 is 49.7. The number of alkyl halides is 3. The van der Waals surface area contributed by atoms with Crippen molar-refractivity contribution in [2.45, 2.75) is 12.6 Å². The van der Waals surface area contributed by atoms with Crippen molar-refractivity contribution in [3.05, 3.63) is 47.1 Å². The molecular formula is C10H8F4N2. The van der Waals surface area contributed by atoms with E-state index in [1.165, 1.54) is 12.2 Å². The van der Waals surface area contributed by atoms with Crippen molar-refractivity contribution in [1.29, 1.82) is 0 Å². The second kappa shape index (κ2) is 3.70. The fourth-order valence-electron chi connectivity index (χ4n) is 1.44. The molecule has 2 aliphatic rings. The molecule has 0 spiro atoms. The van der Waals surface area contributed by atoms with Gasteiger partial charge in [0.15, 0.2) is 0 Å². The summed E-state index contributed by atoms with van der Waals surface area (Å²) in [7, 11) is 0. The summed E-state index contributed by atoms with van der Waals surface area (Å²) in [6.45, 7) is 0. The fourth-order valence-corrected chi connectivity index (χ4v) is 1.44. The molecular weight excluding hydrogens is 224 g/mol. The van der Waals surface area contributed by atoms with E-state index in [9.17, 15) is 17.6 Å². The lowest BCUT2D eigenvalue weighted by atomic mass is 10.0. The van der Waals surface area contributed by atoms with Gasteiger partial charge >= 0.3 is 6.18 Å². The van der Waals surface area contributed by atoms with Crippen molar-refractivity contribution < 1.29 is 17.6 Å². The Morgan fingerprint density at radius 2 is 1.88 bits per heavy atom. The number of rotatable bonds is 0. The first kappa shape index (κ1) is 10.8. The monoisotopic (exact) mass is 232 g/mol. The zero-order valence-electron chi connectivity index (χ0n) is 8.03. The minimum Gasteiger partial charge on any atom is -0.301 e. The van der Waals surface area contributed by atoms with Crippen LogP contribution in [0.15, 0.2) is 47.1 Å². The van der Waals surface area contributed by atoms with Gasteiger partial charge in [0.1, 0.15) is 11.5 Å². The molecule has 0 bridgehead atoms. The topological polar surface area (TPSA) is 24.1 Å². The van der Waals surface area contributed by atoms with Crippen molar-refractivity contribution in [3.63, 3.8) is 0 Å². The first-order valence-electron chi connectivity index (χ1n) is 4.54. The Bertz CT molecular complexity index is 427. The van der Waals surface area contributed by atoms with Crippen molar-refractivity contribution in [2.75, 3.05) is 0 Å². The van der Waals surface area contributed by atoms with Crippen molar-refractivity contribution in [1.82, 2.24) is 10.9 Å². The third kappa shape index (κ3) is 2.10. The van der Waals surface area contributed by atoms with Gasteiger partial charge in [-0.3, -0.25) is 5.43 Å². The van der Waals surface area contributed by atoms with Gasteiger partial charge in [0, 0.05) is 0 Å². The van der Waals surface area contributed by atoms with E-state index in [1.54, 1.807) is 6.08 Å². The van der Waals surface area contributed by atoms with Gasteiger partial charge in [-0.2, -0.15) is 13.2 Å². The van der Waals surface area contributed by atoms with Crippen LogP contribution in [0.4, 0.5) is 17.6 Å². The minimum absolute atomic E-state index is 0.242. The largest absolute Gasteiger partial charge is 0.432 e. The van der Waals surface area contributed by atoms with Gasteiger partial charge in [-0.05, 0) is 30.2 Å². The number of nitrogens with one attached hydrogen (secondary N) is 2. The molecule has 2 rings (SSSR count). The molecule has 0 saturated heterocycles. The number of allylic oxidation sites excluding steroid dienone is 7. The molecule has 0 aromatic rings. The number of halogens is 4. The maximum Gasteiger partial charge on any atom is 0.432 e. The predicted molar refractivity (Wildman–Crippen MR) is 50.4 cm³/mol. The van der Waals surface area contributed by atoms with Crippen LogP contribution in [-0.2, 0) is 0 Å². The van der Waals surface area contributed by atoms with Crippen LogP contribution in [0, 0.1) is 0 Å². The normalized spacial score (nSPS) is 24.8. The van der Waals surface area contributed by atoms with Crippen molar-refractivity contribution in [2.24, 2.45) is 0 Å². The zero-order chi connectivity index (χ0) is 11.8. The molecule has 2 nitrogen and oxygen atoms in total. The van der Waals surface area contributed by atoms with Gasteiger partial charge in [-0.15, -0.1) is 0 Å². The Labute approximate surface area is 89.0 Å². The van der Waals surface area contributed by atoms with E-state index in [1.807, 2.05) is 5.43 Å². The molecule has 1 aliphatic heterocycles. The second-order valence-corrected chi connectivity index (χ2v) is 3.38. The summed E-state index contributed by atoms with van der Waals surface area (Å²) in [5, 5.41) is 0. The maximum atomic E-state index is 12.9. The molecule has 86 valence electrons. The Morgan fingerprint density at radius 1 is 1.12 bits per heavy atom. The van der Waals surface area contributed by atoms with Crippen LogP contribution in [0.1, 0.15) is 6.42 Å². The lowest BCUT2D eigenvalue weighted by Crippen LogP contribution is -2.30. The zero-order valence-corrected chi connectivity index (χ0v) is 8.03. The Balaban J connectivity index is 2.29. The smallest absolute Gasteiger partial charge is 0.301 e. The van der Waals surface area contributed by atoms with E-state index in [0.29, 0.717) is 12.0 Å². The third-order valence-electron chi connectivity index (χ3n) is 2.20. The standard InChI is InChI=1S/C10H8F4N2/c11-7-3-1-2-6(4-7)8-5-9(16-15-8)10(12,13)14/h1,3-5,15-16H,2H2. The van der Waals surface area contributed by atoms with Crippen molar-refractivity contribution >= 4 is 0 Å². The lowest BCUT2D eigenvalue weighted by molar-refractivity contribution is -0.0965. The molecule has 6 heteroatoms. The molecule has 1 heterocycles. The van der Waals surface area contributed by atoms with Gasteiger partial charge in [0.2, 0.25) is 0 Å². The number of hydrazine groups is 1. The highest BCUT2D eigenvalue weighted by molar-refractivity contribution is 5.43. The van der Waals surface area contributed by atoms with Crippen LogP contribution < -0.4 is 10.9 Å². The molecule has 0 saturated carbocycles. The van der Waals surface area contributed by atoms with Gasteiger partial charge in [-0.25, -0.2) is 4.39 Å². The summed E-state index contributed by atoms with van der Waals surface area (Å²) >= 11 is 0. The molecule has 2 N–H and O–H groups in total.